The molecule has 0 amide bonds. The maximum atomic E-state index is 5.86. The SMILES string of the molecule is CCc1ccc(-c2noc(CC(N)CC)n2)cc1. The third kappa shape index (κ3) is 2.96. The predicted molar refractivity (Wildman–Crippen MR) is 71.1 cm³/mol. The zero-order chi connectivity index (χ0) is 13.0. The van der Waals surface area contributed by atoms with Crippen LogP contribution in [0.15, 0.2) is 28.8 Å². The van der Waals surface area contributed by atoms with Gasteiger partial charge in [-0.2, -0.15) is 4.98 Å². The van der Waals surface area contributed by atoms with Crippen molar-refractivity contribution in [1.29, 1.82) is 0 Å². The topological polar surface area (TPSA) is 64.9 Å². The minimum atomic E-state index is 0.0840. The molecule has 1 heterocycles. The van der Waals surface area contributed by atoms with E-state index in [1.54, 1.807) is 0 Å². The molecule has 0 spiro atoms. The molecule has 1 unspecified atom stereocenters. The summed E-state index contributed by atoms with van der Waals surface area (Å²) in [4.78, 5) is 4.37. The second kappa shape index (κ2) is 5.78. The standard InChI is InChI=1S/C14H19N3O/c1-3-10-5-7-11(8-6-10)14-16-13(18-17-14)9-12(15)4-2/h5-8,12H,3-4,9,15H2,1-2H3. The molecule has 4 heteroatoms. The Morgan fingerprint density at radius 1 is 1.22 bits per heavy atom. The molecule has 0 saturated heterocycles. The fourth-order valence-electron chi connectivity index (χ4n) is 1.71. The minimum absolute atomic E-state index is 0.0840. The third-order valence-corrected chi connectivity index (χ3v) is 3.05. The van der Waals surface area contributed by atoms with E-state index in [4.69, 9.17) is 10.3 Å². The van der Waals surface area contributed by atoms with Gasteiger partial charge in [0.15, 0.2) is 0 Å². The fourth-order valence-corrected chi connectivity index (χ4v) is 1.71. The maximum absolute atomic E-state index is 5.86. The van der Waals surface area contributed by atoms with E-state index in [1.807, 2.05) is 19.1 Å². The molecule has 0 aliphatic rings. The average molecular weight is 245 g/mol. The lowest BCUT2D eigenvalue weighted by atomic mass is 10.1. The van der Waals surface area contributed by atoms with Crippen LogP contribution in [0.3, 0.4) is 0 Å². The maximum Gasteiger partial charge on any atom is 0.228 e. The molecular weight excluding hydrogens is 226 g/mol. The highest BCUT2D eigenvalue weighted by Crippen LogP contribution is 2.17. The summed E-state index contributed by atoms with van der Waals surface area (Å²) in [6.45, 7) is 4.18. The number of rotatable bonds is 5. The number of aryl methyl sites for hydroxylation is 1. The molecule has 0 fully saturated rings. The first kappa shape index (κ1) is 12.8. The van der Waals surface area contributed by atoms with Crippen LogP contribution in [0.5, 0.6) is 0 Å². The summed E-state index contributed by atoms with van der Waals surface area (Å²) >= 11 is 0. The van der Waals surface area contributed by atoms with E-state index in [0.717, 1.165) is 18.4 Å². The molecule has 1 atom stereocenters. The van der Waals surface area contributed by atoms with Crippen molar-refractivity contribution in [1.82, 2.24) is 10.1 Å². The van der Waals surface area contributed by atoms with Gasteiger partial charge in [-0.05, 0) is 18.4 Å². The minimum Gasteiger partial charge on any atom is -0.339 e. The number of nitrogens with zero attached hydrogens (tertiary/aromatic N) is 2. The Morgan fingerprint density at radius 2 is 1.94 bits per heavy atom. The second-order valence-electron chi connectivity index (χ2n) is 4.43. The lowest BCUT2D eigenvalue weighted by molar-refractivity contribution is 0.368. The van der Waals surface area contributed by atoms with Crippen molar-refractivity contribution < 1.29 is 4.52 Å². The Hall–Kier alpha value is -1.68. The molecule has 0 aliphatic heterocycles. The van der Waals surface area contributed by atoms with Gasteiger partial charge in [0, 0.05) is 18.0 Å². The van der Waals surface area contributed by atoms with Gasteiger partial charge >= 0.3 is 0 Å². The zero-order valence-corrected chi connectivity index (χ0v) is 10.9. The summed E-state index contributed by atoms with van der Waals surface area (Å²) in [5.41, 5.74) is 8.14. The molecule has 2 N–H and O–H groups in total. The quantitative estimate of drug-likeness (QED) is 0.879. The number of hydrogen-bond donors (Lipinski definition) is 1. The van der Waals surface area contributed by atoms with Gasteiger partial charge in [0.05, 0.1) is 0 Å². The van der Waals surface area contributed by atoms with E-state index in [9.17, 15) is 0 Å². The van der Waals surface area contributed by atoms with Gasteiger partial charge in [0.1, 0.15) is 0 Å². The van der Waals surface area contributed by atoms with Crippen molar-refractivity contribution in [3.8, 4) is 11.4 Å². The lowest BCUT2D eigenvalue weighted by Gasteiger charge is -2.02. The smallest absolute Gasteiger partial charge is 0.228 e. The molecule has 0 saturated carbocycles. The van der Waals surface area contributed by atoms with E-state index < -0.39 is 0 Å². The van der Waals surface area contributed by atoms with Crippen LogP contribution < -0.4 is 5.73 Å². The molecule has 0 radical (unpaired) electrons. The van der Waals surface area contributed by atoms with Crippen molar-refractivity contribution >= 4 is 0 Å². The summed E-state index contributed by atoms with van der Waals surface area (Å²) < 4.78 is 5.21. The fraction of sp³-hybridized carbons (Fsp3) is 0.429. The summed E-state index contributed by atoms with van der Waals surface area (Å²) in [5.74, 6) is 1.25. The van der Waals surface area contributed by atoms with Crippen LogP contribution in [0.4, 0.5) is 0 Å². The Kier molecular flexibility index (Phi) is 4.10. The highest BCUT2D eigenvalue weighted by atomic mass is 16.5. The predicted octanol–water partition coefficient (Wildman–Crippen LogP) is 2.58. The van der Waals surface area contributed by atoms with Crippen molar-refractivity contribution in [3.63, 3.8) is 0 Å². The van der Waals surface area contributed by atoms with E-state index in [-0.39, 0.29) is 6.04 Å². The first-order valence-corrected chi connectivity index (χ1v) is 6.40. The van der Waals surface area contributed by atoms with Crippen LogP contribution >= 0.6 is 0 Å². The Morgan fingerprint density at radius 3 is 2.56 bits per heavy atom. The number of nitrogens with two attached hydrogens (primary N) is 1. The van der Waals surface area contributed by atoms with Crippen LogP contribution in [0, 0.1) is 0 Å². The molecule has 1 aromatic carbocycles. The van der Waals surface area contributed by atoms with Gasteiger partial charge in [-0.15, -0.1) is 0 Å². The van der Waals surface area contributed by atoms with Crippen molar-refractivity contribution in [2.45, 2.75) is 39.2 Å². The highest BCUT2D eigenvalue weighted by molar-refractivity contribution is 5.54. The lowest BCUT2D eigenvalue weighted by Crippen LogP contribution is -2.21. The van der Waals surface area contributed by atoms with Crippen LogP contribution in [0.25, 0.3) is 11.4 Å². The normalized spacial score (nSPS) is 12.6. The van der Waals surface area contributed by atoms with Crippen molar-refractivity contribution in [2.24, 2.45) is 5.73 Å². The molecule has 0 bridgehead atoms. The van der Waals surface area contributed by atoms with Gasteiger partial charge in [0.25, 0.3) is 0 Å². The molecule has 4 nitrogen and oxygen atoms in total. The number of aromatic nitrogens is 2. The monoisotopic (exact) mass is 245 g/mol. The first-order valence-electron chi connectivity index (χ1n) is 6.40. The van der Waals surface area contributed by atoms with Crippen LogP contribution in [-0.2, 0) is 12.8 Å². The van der Waals surface area contributed by atoms with Gasteiger partial charge in [-0.3, -0.25) is 0 Å². The van der Waals surface area contributed by atoms with Crippen LogP contribution in [0.2, 0.25) is 0 Å². The van der Waals surface area contributed by atoms with E-state index in [1.165, 1.54) is 5.56 Å². The number of benzene rings is 1. The third-order valence-electron chi connectivity index (χ3n) is 3.05. The zero-order valence-electron chi connectivity index (χ0n) is 10.9. The molecule has 1 aromatic heterocycles. The van der Waals surface area contributed by atoms with Crippen molar-refractivity contribution in [3.05, 3.63) is 35.7 Å². The molecule has 96 valence electrons. The van der Waals surface area contributed by atoms with E-state index in [2.05, 4.69) is 29.2 Å². The Balaban J connectivity index is 2.13. The summed E-state index contributed by atoms with van der Waals surface area (Å²) in [5, 5.41) is 3.99. The van der Waals surface area contributed by atoms with E-state index in [0.29, 0.717) is 18.1 Å². The van der Waals surface area contributed by atoms with E-state index >= 15 is 0 Å². The highest BCUT2D eigenvalue weighted by Gasteiger charge is 2.11. The van der Waals surface area contributed by atoms with Crippen LogP contribution in [0.1, 0.15) is 31.7 Å². The Bertz CT molecular complexity index is 490. The average Bonchev–Trinajstić information content (AvgIpc) is 2.87. The summed E-state index contributed by atoms with van der Waals surface area (Å²) in [6, 6.07) is 8.30. The molecule has 18 heavy (non-hydrogen) atoms. The van der Waals surface area contributed by atoms with Gasteiger partial charge in [0.2, 0.25) is 11.7 Å². The molecular formula is C14H19N3O. The van der Waals surface area contributed by atoms with Crippen molar-refractivity contribution in [2.75, 3.05) is 0 Å². The van der Waals surface area contributed by atoms with Gasteiger partial charge < -0.3 is 10.3 Å². The molecule has 2 aromatic rings. The summed E-state index contributed by atoms with van der Waals surface area (Å²) in [7, 11) is 0. The van der Waals surface area contributed by atoms with Crippen LogP contribution in [-0.4, -0.2) is 16.2 Å². The molecule has 0 aliphatic carbocycles. The van der Waals surface area contributed by atoms with Gasteiger partial charge in [-0.1, -0.05) is 43.3 Å². The first-order chi connectivity index (χ1) is 8.72. The molecule has 2 rings (SSSR count). The number of hydrogen-bond acceptors (Lipinski definition) is 4. The summed E-state index contributed by atoms with van der Waals surface area (Å²) in [6.07, 6.45) is 2.57. The Labute approximate surface area is 107 Å². The second-order valence-corrected chi connectivity index (χ2v) is 4.43. The van der Waals surface area contributed by atoms with Gasteiger partial charge in [-0.25, -0.2) is 0 Å². The largest absolute Gasteiger partial charge is 0.339 e.